The number of carbonyl (C=O) groups excluding carboxylic acids is 2. The van der Waals surface area contributed by atoms with E-state index in [4.69, 9.17) is 5.26 Å². The highest BCUT2D eigenvalue weighted by Gasteiger charge is 2.06. The maximum Gasteiger partial charge on any atom is 0.319 e. The minimum Gasteiger partial charge on any atom is -0.367 e. The molecule has 0 fully saturated rings. The number of nitrogens with zero attached hydrogens (tertiary/aromatic N) is 2. The number of rotatable bonds is 7. The first-order chi connectivity index (χ1) is 12.6. The molecule has 8 heteroatoms. The SMILES string of the molecule is CCNC(=O)c1ccc(NC(=O)NCCNc2ncccc2C#N)cc1. The van der Waals surface area contributed by atoms with E-state index in [0.29, 0.717) is 42.3 Å². The molecule has 26 heavy (non-hydrogen) atoms. The molecule has 0 aliphatic rings. The lowest BCUT2D eigenvalue weighted by Crippen LogP contribution is -2.32. The van der Waals surface area contributed by atoms with Gasteiger partial charge in [0, 0.05) is 37.1 Å². The summed E-state index contributed by atoms with van der Waals surface area (Å²) in [4.78, 5) is 27.6. The minimum absolute atomic E-state index is 0.152. The van der Waals surface area contributed by atoms with E-state index in [-0.39, 0.29) is 11.9 Å². The Hall–Kier alpha value is -3.60. The Bertz CT molecular complexity index is 798. The van der Waals surface area contributed by atoms with Crippen molar-refractivity contribution in [1.82, 2.24) is 15.6 Å². The van der Waals surface area contributed by atoms with Gasteiger partial charge in [0.15, 0.2) is 0 Å². The van der Waals surface area contributed by atoms with Gasteiger partial charge in [0.1, 0.15) is 11.9 Å². The number of hydrogen-bond acceptors (Lipinski definition) is 5. The number of amides is 3. The molecule has 2 aromatic rings. The number of carbonyl (C=O) groups is 2. The van der Waals surface area contributed by atoms with Crippen LogP contribution in [0.25, 0.3) is 0 Å². The topological polar surface area (TPSA) is 119 Å². The predicted octanol–water partition coefficient (Wildman–Crippen LogP) is 1.94. The van der Waals surface area contributed by atoms with Crippen molar-refractivity contribution >= 4 is 23.4 Å². The van der Waals surface area contributed by atoms with E-state index in [1.54, 1.807) is 42.6 Å². The Morgan fingerprint density at radius 2 is 1.88 bits per heavy atom. The molecule has 1 aromatic heterocycles. The first kappa shape index (κ1) is 18.7. The first-order valence-electron chi connectivity index (χ1n) is 8.16. The molecule has 2 rings (SSSR count). The van der Waals surface area contributed by atoms with Crippen molar-refractivity contribution in [2.24, 2.45) is 0 Å². The van der Waals surface area contributed by atoms with E-state index in [0.717, 1.165) is 0 Å². The highest BCUT2D eigenvalue weighted by atomic mass is 16.2. The third-order valence-electron chi connectivity index (χ3n) is 3.37. The van der Waals surface area contributed by atoms with Crippen LogP contribution in [-0.4, -0.2) is 36.6 Å². The molecule has 3 amide bonds. The van der Waals surface area contributed by atoms with Gasteiger partial charge in [-0.25, -0.2) is 9.78 Å². The molecule has 0 bridgehead atoms. The van der Waals surface area contributed by atoms with Crippen molar-refractivity contribution in [2.45, 2.75) is 6.92 Å². The van der Waals surface area contributed by atoms with Crippen molar-refractivity contribution in [3.05, 3.63) is 53.7 Å². The van der Waals surface area contributed by atoms with Gasteiger partial charge in [0.2, 0.25) is 0 Å². The summed E-state index contributed by atoms with van der Waals surface area (Å²) in [5.41, 5.74) is 1.56. The summed E-state index contributed by atoms with van der Waals surface area (Å²) in [7, 11) is 0. The Morgan fingerprint density at radius 3 is 2.58 bits per heavy atom. The standard InChI is InChI=1S/C18H20N6O2/c1-2-20-17(25)13-5-7-15(8-6-13)24-18(26)23-11-10-22-16-14(12-19)4-3-9-21-16/h3-9H,2,10-11H2,1H3,(H,20,25)(H,21,22)(H2,23,24,26). The largest absolute Gasteiger partial charge is 0.367 e. The highest BCUT2D eigenvalue weighted by molar-refractivity contribution is 5.95. The number of urea groups is 1. The fraction of sp³-hybridized carbons (Fsp3) is 0.222. The van der Waals surface area contributed by atoms with E-state index in [1.807, 2.05) is 13.0 Å². The summed E-state index contributed by atoms with van der Waals surface area (Å²) in [6.45, 7) is 3.19. The van der Waals surface area contributed by atoms with Crippen LogP contribution in [0.1, 0.15) is 22.8 Å². The summed E-state index contributed by atoms with van der Waals surface area (Å²) in [5.74, 6) is 0.332. The number of nitrogens with one attached hydrogen (secondary N) is 4. The van der Waals surface area contributed by atoms with E-state index >= 15 is 0 Å². The number of hydrogen-bond donors (Lipinski definition) is 4. The van der Waals surface area contributed by atoms with Crippen LogP contribution in [0.15, 0.2) is 42.6 Å². The fourth-order valence-corrected chi connectivity index (χ4v) is 2.14. The van der Waals surface area contributed by atoms with Gasteiger partial charge in [0.25, 0.3) is 5.91 Å². The van der Waals surface area contributed by atoms with Crippen LogP contribution in [0.4, 0.5) is 16.3 Å². The number of nitriles is 1. The molecule has 0 saturated carbocycles. The second-order valence-corrected chi connectivity index (χ2v) is 5.26. The molecule has 0 saturated heterocycles. The maximum atomic E-state index is 11.9. The predicted molar refractivity (Wildman–Crippen MR) is 98.9 cm³/mol. The molecule has 0 atom stereocenters. The summed E-state index contributed by atoms with van der Waals surface area (Å²) < 4.78 is 0. The summed E-state index contributed by atoms with van der Waals surface area (Å²) in [6.07, 6.45) is 1.59. The van der Waals surface area contributed by atoms with E-state index < -0.39 is 0 Å². The third kappa shape index (κ3) is 5.49. The fourth-order valence-electron chi connectivity index (χ4n) is 2.14. The zero-order chi connectivity index (χ0) is 18.8. The van der Waals surface area contributed by atoms with Crippen LogP contribution in [-0.2, 0) is 0 Å². The molecule has 0 spiro atoms. The average molecular weight is 352 g/mol. The Balaban J connectivity index is 1.75. The summed E-state index contributed by atoms with van der Waals surface area (Å²) in [5, 5.41) is 20.1. The lowest BCUT2D eigenvalue weighted by molar-refractivity contribution is 0.0956. The summed E-state index contributed by atoms with van der Waals surface area (Å²) in [6, 6.07) is 11.7. The van der Waals surface area contributed by atoms with Crippen molar-refractivity contribution in [3.8, 4) is 6.07 Å². The second-order valence-electron chi connectivity index (χ2n) is 5.26. The van der Waals surface area contributed by atoms with Crippen molar-refractivity contribution in [3.63, 3.8) is 0 Å². The number of benzene rings is 1. The van der Waals surface area contributed by atoms with E-state index in [1.165, 1.54) is 0 Å². The molecule has 134 valence electrons. The number of pyridine rings is 1. The monoisotopic (exact) mass is 352 g/mol. The van der Waals surface area contributed by atoms with E-state index in [2.05, 4.69) is 26.3 Å². The zero-order valence-corrected chi connectivity index (χ0v) is 14.4. The molecule has 0 aliphatic heterocycles. The van der Waals surface area contributed by atoms with Gasteiger partial charge in [-0.05, 0) is 43.3 Å². The van der Waals surface area contributed by atoms with Crippen LogP contribution >= 0.6 is 0 Å². The molecule has 8 nitrogen and oxygen atoms in total. The minimum atomic E-state index is -0.362. The van der Waals surface area contributed by atoms with Gasteiger partial charge in [-0.3, -0.25) is 4.79 Å². The Morgan fingerprint density at radius 1 is 1.12 bits per heavy atom. The molecule has 4 N–H and O–H groups in total. The van der Waals surface area contributed by atoms with Crippen molar-refractivity contribution in [2.75, 3.05) is 30.3 Å². The Labute approximate surface area is 151 Å². The molecule has 1 heterocycles. The highest BCUT2D eigenvalue weighted by Crippen LogP contribution is 2.10. The lowest BCUT2D eigenvalue weighted by Gasteiger charge is -2.10. The van der Waals surface area contributed by atoms with Crippen LogP contribution < -0.4 is 21.3 Å². The van der Waals surface area contributed by atoms with Gasteiger partial charge in [-0.2, -0.15) is 5.26 Å². The van der Waals surface area contributed by atoms with Gasteiger partial charge in [-0.1, -0.05) is 0 Å². The molecule has 0 aliphatic carbocycles. The zero-order valence-electron chi connectivity index (χ0n) is 14.4. The van der Waals surface area contributed by atoms with E-state index in [9.17, 15) is 9.59 Å². The Kier molecular flexibility index (Phi) is 6.94. The molecule has 0 radical (unpaired) electrons. The molecular formula is C18H20N6O2. The van der Waals surface area contributed by atoms with Gasteiger partial charge in [-0.15, -0.1) is 0 Å². The summed E-state index contributed by atoms with van der Waals surface area (Å²) >= 11 is 0. The second kappa shape index (κ2) is 9.64. The van der Waals surface area contributed by atoms with Crippen LogP contribution in [0.5, 0.6) is 0 Å². The van der Waals surface area contributed by atoms with Gasteiger partial charge >= 0.3 is 6.03 Å². The number of anilines is 2. The molecular weight excluding hydrogens is 332 g/mol. The first-order valence-corrected chi connectivity index (χ1v) is 8.16. The van der Waals surface area contributed by atoms with Crippen molar-refractivity contribution in [1.29, 1.82) is 5.26 Å². The molecule has 0 unspecified atom stereocenters. The van der Waals surface area contributed by atoms with Crippen LogP contribution in [0, 0.1) is 11.3 Å². The van der Waals surface area contributed by atoms with Crippen LogP contribution in [0.3, 0.4) is 0 Å². The van der Waals surface area contributed by atoms with Crippen molar-refractivity contribution < 1.29 is 9.59 Å². The third-order valence-corrected chi connectivity index (χ3v) is 3.37. The maximum absolute atomic E-state index is 11.9. The molecule has 1 aromatic carbocycles. The quantitative estimate of drug-likeness (QED) is 0.568. The average Bonchev–Trinajstić information content (AvgIpc) is 2.66. The van der Waals surface area contributed by atoms with Gasteiger partial charge < -0.3 is 21.3 Å². The lowest BCUT2D eigenvalue weighted by atomic mass is 10.2. The smallest absolute Gasteiger partial charge is 0.319 e. The van der Waals surface area contributed by atoms with Gasteiger partial charge in [0.05, 0.1) is 5.56 Å². The number of aromatic nitrogens is 1. The normalized spacial score (nSPS) is 9.69. The van der Waals surface area contributed by atoms with Crippen LogP contribution in [0.2, 0.25) is 0 Å².